The summed E-state index contributed by atoms with van der Waals surface area (Å²) in [7, 11) is 0. The molecular weight excluding hydrogens is 274 g/mol. The van der Waals surface area contributed by atoms with Gasteiger partial charge >= 0.3 is 0 Å². The van der Waals surface area contributed by atoms with Crippen LogP contribution in [0.25, 0.3) is 6.08 Å². The number of nitrogens with zero attached hydrogens (tertiary/aromatic N) is 2. The lowest BCUT2D eigenvalue weighted by molar-refractivity contribution is -0.128. The van der Waals surface area contributed by atoms with E-state index in [0.717, 1.165) is 5.56 Å². The number of nitrogens with one attached hydrogen (secondary N) is 1. The summed E-state index contributed by atoms with van der Waals surface area (Å²) in [5.74, 6) is -0.368. The third kappa shape index (κ3) is 3.71. The molecule has 2 rings (SSSR count). The zero-order valence-corrected chi connectivity index (χ0v) is 12.1. The first-order chi connectivity index (χ1) is 9.56. The van der Waals surface area contributed by atoms with Crippen molar-refractivity contribution in [1.29, 1.82) is 0 Å². The van der Waals surface area contributed by atoms with Gasteiger partial charge in [0.15, 0.2) is 5.17 Å². The van der Waals surface area contributed by atoms with Crippen molar-refractivity contribution in [2.45, 2.75) is 19.2 Å². The Balaban J connectivity index is 2.10. The molecule has 1 aliphatic rings. The fraction of sp³-hybridized carbons (Fsp3) is 0.214. The molecule has 0 aliphatic carbocycles. The van der Waals surface area contributed by atoms with Crippen LogP contribution in [0.1, 0.15) is 19.4 Å². The van der Waals surface area contributed by atoms with Gasteiger partial charge in [-0.3, -0.25) is 9.59 Å². The summed E-state index contributed by atoms with van der Waals surface area (Å²) < 4.78 is 0. The van der Waals surface area contributed by atoms with E-state index in [9.17, 15) is 9.59 Å². The molecule has 0 saturated carbocycles. The van der Waals surface area contributed by atoms with E-state index in [1.54, 1.807) is 0 Å². The number of carbonyl (C=O) groups is 2. The molecule has 0 fully saturated rings. The highest BCUT2D eigenvalue weighted by atomic mass is 32.2. The second kappa shape index (κ2) is 6.38. The van der Waals surface area contributed by atoms with Gasteiger partial charge in [0.1, 0.15) is 5.37 Å². The van der Waals surface area contributed by atoms with Crippen molar-refractivity contribution in [3.8, 4) is 0 Å². The number of rotatable bonds is 2. The van der Waals surface area contributed by atoms with Gasteiger partial charge in [-0.25, -0.2) is 5.01 Å². The summed E-state index contributed by atoms with van der Waals surface area (Å²) in [6.45, 7) is 2.86. The van der Waals surface area contributed by atoms with Gasteiger partial charge < -0.3 is 5.32 Å². The fourth-order valence-corrected chi connectivity index (χ4v) is 2.69. The number of amidine groups is 1. The molecule has 0 saturated heterocycles. The summed E-state index contributed by atoms with van der Waals surface area (Å²) in [6.07, 6.45) is 3.82. The van der Waals surface area contributed by atoms with Gasteiger partial charge in [-0.15, -0.1) is 5.10 Å². The van der Waals surface area contributed by atoms with Gasteiger partial charge in [0.25, 0.3) is 0 Å². The average Bonchev–Trinajstić information content (AvgIpc) is 2.80. The lowest BCUT2D eigenvalue weighted by Gasteiger charge is -2.14. The normalized spacial score (nSPS) is 18.2. The number of carbonyl (C=O) groups excluding carboxylic acids is 2. The second-order valence-corrected chi connectivity index (χ2v) is 5.33. The minimum absolute atomic E-state index is 0.166. The molecule has 0 spiro atoms. The van der Waals surface area contributed by atoms with Crippen LogP contribution in [-0.4, -0.2) is 27.4 Å². The molecule has 1 aromatic rings. The van der Waals surface area contributed by atoms with Crippen LogP contribution in [-0.2, 0) is 9.59 Å². The van der Waals surface area contributed by atoms with Crippen LogP contribution in [0.15, 0.2) is 41.5 Å². The van der Waals surface area contributed by atoms with Gasteiger partial charge in [0, 0.05) is 13.8 Å². The van der Waals surface area contributed by atoms with Crippen molar-refractivity contribution in [3.63, 3.8) is 0 Å². The number of amides is 2. The average molecular weight is 289 g/mol. The third-order valence-electron chi connectivity index (χ3n) is 2.53. The first-order valence-corrected chi connectivity index (χ1v) is 7.00. The Hall–Kier alpha value is -2.08. The van der Waals surface area contributed by atoms with Crippen molar-refractivity contribution in [1.82, 2.24) is 10.3 Å². The first kappa shape index (κ1) is 14.3. The van der Waals surface area contributed by atoms with Crippen molar-refractivity contribution >= 4 is 34.8 Å². The predicted octanol–water partition coefficient (Wildman–Crippen LogP) is 2.03. The smallest absolute Gasteiger partial charge is 0.241 e. The van der Waals surface area contributed by atoms with Crippen molar-refractivity contribution in [3.05, 3.63) is 42.0 Å². The van der Waals surface area contributed by atoms with E-state index < -0.39 is 0 Å². The third-order valence-corrected chi connectivity index (χ3v) is 3.54. The highest BCUT2D eigenvalue weighted by Gasteiger charge is 2.28. The Morgan fingerprint density at radius 2 is 2.00 bits per heavy atom. The van der Waals surface area contributed by atoms with Crippen molar-refractivity contribution in [2.75, 3.05) is 0 Å². The van der Waals surface area contributed by atoms with Crippen molar-refractivity contribution < 1.29 is 9.59 Å². The van der Waals surface area contributed by atoms with Gasteiger partial charge in [-0.1, -0.05) is 48.2 Å². The van der Waals surface area contributed by atoms with Crippen LogP contribution in [0.5, 0.6) is 0 Å². The predicted molar refractivity (Wildman–Crippen MR) is 80.6 cm³/mol. The molecule has 104 valence electrons. The topological polar surface area (TPSA) is 61.8 Å². The van der Waals surface area contributed by atoms with E-state index >= 15 is 0 Å². The summed E-state index contributed by atoms with van der Waals surface area (Å²) in [6, 6.07) is 9.79. The molecule has 0 unspecified atom stereocenters. The maximum atomic E-state index is 11.6. The van der Waals surface area contributed by atoms with E-state index in [-0.39, 0.29) is 17.2 Å². The monoisotopic (exact) mass is 289 g/mol. The first-order valence-electron chi connectivity index (χ1n) is 6.12. The summed E-state index contributed by atoms with van der Waals surface area (Å²) in [5.41, 5.74) is 1.05. The maximum absolute atomic E-state index is 11.6. The Bertz CT molecular complexity index is 569. The Morgan fingerprint density at radius 3 is 2.60 bits per heavy atom. The van der Waals surface area contributed by atoms with Gasteiger partial charge in [0.2, 0.25) is 11.8 Å². The van der Waals surface area contributed by atoms with Crippen LogP contribution in [0, 0.1) is 0 Å². The van der Waals surface area contributed by atoms with Crippen molar-refractivity contribution in [2.24, 2.45) is 5.10 Å². The van der Waals surface area contributed by atoms with Crippen LogP contribution >= 0.6 is 11.8 Å². The van der Waals surface area contributed by atoms with Crippen LogP contribution < -0.4 is 5.32 Å². The zero-order valence-electron chi connectivity index (χ0n) is 11.2. The molecule has 20 heavy (non-hydrogen) atoms. The molecular formula is C14H15N3O2S. The largest absolute Gasteiger partial charge is 0.304 e. The minimum atomic E-state index is -0.241. The molecule has 0 aromatic heterocycles. The van der Waals surface area contributed by atoms with Crippen LogP contribution in [0.3, 0.4) is 0 Å². The maximum Gasteiger partial charge on any atom is 0.241 e. The highest BCUT2D eigenvalue weighted by molar-refractivity contribution is 8.14. The van der Waals surface area contributed by atoms with Crippen LogP contribution in [0.2, 0.25) is 0 Å². The Morgan fingerprint density at radius 1 is 1.30 bits per heavy atom. The minimum Gasteiger partial charge on any atom is -0.304 e. The number of hydrazone groups is 1. The summed E-state index contributed by atoms with van der Waals surface area (Å²) >= 11 is 1.33. The van der Waals surface area contributed by atoms with E-state index in [2.05, 4.69) is 10.4 Å². The number of hydrogen-bond donors (Lipinski definition) is 1. The van der Waals surface area contributed by atoms with E-state index in [1.807, 2.05) is 42.5 Å². The molecule has 6 heteroatoms. The number of benzene rings is 1. The molecule has 5 nitrogen and oxygen atoms in total. The molecule has 1 N–H and O–H groups in total. The van der Waals surface area contributed by atoms with Gasteiger partial charge in [0.05, 0.1) is 0 Å². The SMILES string of the molecule is CC(=O)NC1=NN(C(C)=O)[C@@H](/C=C/c2ccccc2)S1. The molecule has 0 radical (unpaired) electrons. The van der Waals surface area contributed by atoms with Gasteiger partial charge in [-0.2, -0.15) is 0 Å². The Labute approximate surface area is 121 Å². The molecule has 1 aromatic carbocycles. The number of thioether (sulfide) groups is 1. The summed E-state index contributed by atoms with van der Waals surface area (Å²) in [5, 5.41) is 8.26. The molecule has 1 heterocycles. The highest BCUT2D eigenvalue weighted by Crippen LogP contribution is 2.26. The quantitative estimate of drug-likeness (QED) is 0.906. The molecule has 1 atom stereocenters. The Kier molecular flexibility index (Phi) is 4.57. The van der Waals surface area contributed by atoms with E-state index in [4.69, 9.17) is 0 Å². The van der Waals surface area contributed by atoms with E-state index in [1.165, 1.54) is 30.6 Å². The lowest BCUT2D eigenvalue weighted by atomic mass is 10.2. The lowest BCUT2D eigenvalue weighted by Crippen LogP contribution is -2.27. The second-order valence-electron chi connectivity index (χ2n) is 4.23. The van der Waals surface area contributed by atoms with Gasteiger partial charge in [-0.05, 0) is 11.6 Å². The standard InChI is InChI=1S/C14H15N3O2S/c1-10(18)15-14-16-17(11(2)19)13(20-14)9-8-12-6-4-3-5-7-12/h3-9,13H,1-2H3,(H,15,16,18)/b9-8+/t13-/m1/s1. The fourth-order valence-electron chi connectivity index (χ4n) is 1.68. The summed E-state index contributed by atoms with van der Waals surface area (Å²) in [4.78, 5) is 22.6. The number of hydrogen-bond acceptors (Lipinski definition) is 4. The van der Waals surface area contributed by atoms with Crippen LogP contribution in [0.4, 0.5) is 0 Å². The molecule has 1 aliphatic heterocycles. The molecule has 2 amide bonds. The molecule has 0 bridgehead atoms. The van der Waals surface area contributed by atoms with E-state index in [0.29, 0.717) is 5.17 Å². The zero-order chi connectivity index (χ0) is 14.5.